The number of phenols is 1. The van der Waals surface area contributed by atoms with Gasteiger partial charge in [0.1, 0.15) is 5.75 Å². The number of phenolic OH excluding ortho intramolecular Hbond substituents is 1. The van der Waals surface area contributed by atoms with Crippen LogP contribution in [0.15, 0.2) is 35.7 Å². The van der Waals surface area contributed by atoms with Crippen molar-refractivity contribution in [1.82, 2.24) is 5.32 Å². The minimum Gasteiger partial charge on any atom is -0.508 e. The summed E-state index contributed by atoms with van der Waals surface area (Å²) in [4.78, 5) is 1.39. The lowest BCUT2D eigenvalue weighted by Gasteiger charge is -2.16. The van der Waals surface area contributed by atoms with Crippen LogP contribution in [0.2, 0.25) is 0 Å². The van der Waals surface area contributed by atoms with Crippen LogP contribution in [0, 0.1) is 6.92 Å². The van der Waals surface area contributed by atoms with Gasteiger partial charge in [0, 0.05) is 23.0 Å². The quantitative estimate of drug-likeness (QED) is 0.861. The topological polar surface area (TPSA) is 32.3 Å². The number of rotatable bonds is 5. The van der Waals surface area contributed by atoms with E-state index < -0.39 is 0 Å². The molecule has 2 nitrogen and oxygen atoms in total. The molecule has 1 heterocycles. The zero-order chi connectivity index (χ0) is 13.0. The second-order valence-corrected chi connectivity index (χ2v) is 5.60. The molecule has 1 aromatic carbocycles. The Balaban J connectivity index is 1.91. The third-order valence-corrected chi connectivity index (χ3v) is 3.99. The van der Waals surface area contributed by atoms with Crippen LogP contribution in [0.3, 0.4) is 0 Å². The van der Waals surface area contributed by atoms with Gasteiger partial charge in [-0.05, 0) is 37.8 Å². The molecule has 2 N–H and O–H groups in total. The van der Waals surface area contributed by atoms with Crippen molar-refractivity contribution in [2.45, 2.75) is 26.3 Å². The lowest BCUT2D eigenvalue weighted by atomic mass is 10.0. The number of hydrogen-bond acceptors (Lipinski definition) is 3. The number of aryl methyl sites for hydroxylation is 1. The molecule has 2 aromatic rings. The first-order chi connectivity index (χ1) is 8.66. The van der Waals surface area contributed by atoms with Crippen molar-refractivity contribution in [3.8, 4) is 5.75 Å². The first-order valence-electron chi connectivity index (χ1n) is 6.22. The lowest BCUT2D eigenvalue weighted by Crippen LogP contribution is -2.21. The normalized spacial score (nSPS) is 12.6. The molecule has 0 fully saturated rings. The SMILES string of the molecule is Cc1ccc(O)c(C(C)NCCc2cccs2)c1. The first kappa shape index (κ1) is 13.1. The summed E-state index contributed by atoms with van der Waals surface area (Å²) in [6, 6.07) is 10.1. The van der Waals surface area contributed by atoms with Gasteiger partial charge in [0.2, 0.25) is 0 Å². The molecular formula is C15H19NOS. The summed E-state index contributed by atoms with van der Waals surface area (Å²) >= 11 is 1.79. The van der Waals surface area contributed by atoms with Crippen molar-refractivity contribution in [2.75, 3.05) is 6.54 Å². The Morgan fingerprint density at radius 1 is 1.33 bits per heavy atom. The Morgan fingerprint density at radius 2 is 2.17 bits per heavy atom. The number of thiophene rings is 1. The molecule has 0 spiro atoms. The smallest absolute Gasteiger partial charge is 0.120 e. The highest BCUT2D eigenvalue weighted by atomic mass is 32.1. The third-order valence-electron chi connectivity index (χ3n) is 3.05. The van der Waals surface area contributed by atoms with Crippen LogP contribution in [0.25, 0.3) is 0 Å². The number of nitrogens with one attached hydrogen (secondary N) is 1. The molecule has 0 aliphatic rings. The minimum absolute atomic E-state index is 0.171. The van der Waals surface area contributed by atoms with Crippen molar-refractivity contribution in [1.29, 1.82) is 0 Å². The largest absolute Gasteiger partial charge is 0.508 e. The number of hydrogen-bond donors (Lipinski definition) is 2. The van der Waals surface area contributed by atoms with Crippen LogP contribution in [0.5, 0.6) is 5.75 Å². The molecular weight excluding hydrogens is 242 g/mol. The predicted molar refractivity (Wildman–Crippen MR) is 77.3 cm³/mol. The second-order valence-electron chi connectivity index (χ2n) is 4.57. The molecule has 96 valence electrons. The van der Waals surface area contributed by atoms with E-state index in [2.05, 4.69) is 29.8 Å². The molecule has 3 heteroatoms. The van der Waals surface area contributed by atoms with Gasteiger partial charge in [-0.15, -0.1) is 11.3 Å². The van der Waals surface area contributed by atoms with Crippen molar-refractivity contribution in [3.05, 3.63) is 51.7 Å². The molecule has 1 unspecified atom stereocenters. The van der Waals surface area contributed by atoms with E-state index in [1.54, 1.807) is 17.4 Å². The lowest BCUT2D eigenvalue weighted by molar-refractivity contribution is 0.453. The molecule has 1 atom stereocenters. The van der Waals surface area contributed by atoms with Gasteiger partial charge >= 0.3 is 0 Å². The van der Waals surface area contributed by atoms with E-state index in [9.17, 15) is 5.11 Å². The summed E-state index contributed by atoms with van der Waals surface area (Å²) in [7, 11) is 0. The van der Waals surface area contributed by atoms with Gasteiger partial charge in [-0.25, -0.2) is 0 Å². The average Bonchev–Trinajstić information content (AvgIpc) is 2.85. The molecule has 18 heavy (non-hydrogen) atoms. The molecule has 0 aliphatic carbocycles. The van der Waals surface area contributed by atoms with E-state index in [1.165, 1.54) is 10.4 Å². The van der Waals surface area contributed by atoms with Gasteiger partial charge in [0.25, 0.3) is 0 Å². The number of benzene rings is 1. The van der Waals surface area contributed by atoms with Crippen molar-refractivity contribution < 1.29 is 5.11 Å². The van der Waals surface area contributed by atoms with Gasteiger partial charge < -0.3 is 10.4 Å². The summed E-state index contributed by atoms with van der Waals surface area (Å²) < 4.78 is 0. The molecule has 2 rings (SSSR count). The van der Waals surface area contributed by atoms with Crippen molar-refractivity contribution in [2.24, 2.45) is 0 Å². The van der Waals surface area contributed by atoms with Crippen molar-refractivity contribution >= 4 is 11.3 Å². The van der Waals surface area contributed by atoms with Crippen LogP contribution >= 0.6 is 11.3 Å². The van der Waals surface area contributed by atoms with Crippen LogP contribution < -0.4 is 5.32 Å². The molecule has 0 radical (unpaired) electrons. The molecule has 0 saturated heterocycles. The zero-order valence-corrected chi connectivity index (χ0v) is 11.6. The molecule has 0 amide bonds. The fourth-order valence-electron chi connectivity index (χ4n) is 2.00. The molecule has 1 aromatic heterocycles. The Kier molecular flexibility index (Phi) is 4.39. The Morgan fingerprint density at radius 3 is 2.89 bits per heavy atom. The Hall–Kier alpha value is -1.32. The highest BCUT2D eigenvalue weighted by Crippen LogP contribution is 2.24. The van der Waals surface area contributed by atoms with Crippen LogP contribution in [0.1, 0.15) is 29.0 Å². The zero-order valence-electron chi connectivity index (χ0n) is 10.8. The van der Waals surface area contributed by atoms with Crippen molar-refractivity contribution in [3.63, 3.8) is 0 Å². The Labute approximate surface area is 112 Å². The minimum atomic E-state index is 0.171. The van der Waals surface area contributed by atoms with E-state index in [-0.39, 0.29) is 6.04 Å². The molecule has 0 aliphatic heterocycles. The summed E-state index contributed by atoms with van der Waals surface area (Å²) in [5.41, 5.74) is 2.15. The van der Waals surface area contributed by atoms with Crippen LogP contribution in [-0.2, 0) is 6.42 Å². The summed E-state index contributed by atoms with van der Waals surface area (Å²) in [5, 5.41) is 15.4. The molecule has 0 saturated carbocycles. The van der Waals surface area contributed by atoms with Gasteiger partial charge in [0.05, 0.1) is 0 Å². The maximum Gasteiger partial charge on any atom is 0.120 e. The standard InChI is InChI=1S/C15H19NOS/c1-11-5-6-15(17)14(10-11)12(2)16-8-7-13-4-3-9-18-13/h3-6,9-10,12,16-17H,7-8H2,1-2H3. The predicted octanol–water partition coefficient (Wildman–Crippen LogP) is 3.66. The summed E-state index contributed by atoms with van der Waals surface area (Å²) in [5.74, 6) is 0.372. The van der Waals surface area contributed by atoms with E-state index in [1.807, 2.05) is 19.1 Å². The summed E-state index contributed by atoms with van der Waals surface area (Å²) in [6.07, 6.45) is 1.04. The van der Waals surface area contributed by atoms with Crippen LogP contribution in [-0.4, -0.2) is 11.7 Å². The second kappa shape index (κ2) is 6.03. The average molecular weight is 261 g/mol. The fourth-order valence-corrected chi connectivity index (χ4v) is 2.71. The highest BCUT2D eigenvalue weighted by Gasteiger charge is 2.09. The van der Waals surface area contributed by atoms with Gasteiger partial charge in [-0.3, -0.25) is 0 Å². The van der Waals surface area contributed by atoms with E-state index >= 15 is 0 Å². The van der Waals surface area contributed by atoms with E-state index in [4.69, 9.17) is 0 Å². The Bertz CT molecular complexity index is 493. The number of aromatic hydroxyl groups is 1. The summed E-state index contributed by atoms with van der Waals surface area (Å²) in [6.45, 7) is 5.05. The maximum absolute atomic E-state index is 9.85. The maximum atomic E-state index is 9.85. The van der Waals surface area contributed by atoms with Crippen LogP contribution in [0.4, 0.5) is 0 Å². The molecule has 0 bridgehead atoms. The fraction of sp³-hybridized carbons (Fsp3) is 0.333. The first-order valence-corrected chi connectivity index (χ1v) is 7.10. The van der Waals surface area contributed by atoms with Gasteiger partial charge in [-0.2, -0.15) is 0 Å². The third kappa shape index (κ3) is 3.34. The van der Waals surface area contributed by atoms with Gasteiger partial charge in [0.15, 0.2) is 0 Å². The van der Waals surface area contributed by atoms with E-state index in [0.717, 1.165) is 18.5 Å². The highest BCUT2D eigenvalue weighted by molar-refractivity contribution is 7.09. The monoisotopic (exact) mass is 261 g/mol. The van der Waals surface area contributed by atoms with E-state index in [0.29, 0.717) is 5.75 Å². The van der Waals surface area contributed by atoms with Gasteiger partial charge in [-0.1, -0.05) is 23.8 Å².